The molecule has 2 rings (SSSR count). The van der Waals surface area contributed by atoms with Gasteiger partial charge in [0.1, 0.15) is 0 Å². The van der Waals surface area contributed by atoms with Gasteiger partial charge >= 0.3 is 0 Å². The summed E-state index contributed by atoms with van der Waals surface area (Å²) >= 11 is 5.06. The Morgan fingerprint density at radius 2 is 2.04 bits per heavy atom. The third-order valence-electron chi connectivity index (χ3n) is 3.13. The van der Waals surface area contributed by atoms with Gasteiger partial charge in [0.15, 0.2) is 10.9 Å². The molecule has 0 radical (unpaired) electrons. The molecule has 120 valence electrons. The number of benzene rings is 1. The van der Waals surface area contributed by atoms with Gasteiger partial charge in [-0.05, 0) is 31.3 Å². The maximum atomic E-state index is 12.2. The molecule has 0 unspecified atom stereocenters. The van der Waals surface area contributed by atoms with E-state index in [4.69, 9.17) is 12.2 Å². The van der Waals surface area contributed by atoms with E-state index < -0.39 is 16.6 Å². The topological polar surface area (TPSA) is 105 Å². The van der Waals surface area contributed by atoms with Crippen molar-refractivity contribution >= 4 is 40.4 Å². The zero-order chi connectivity index (χ0) is 17.0. The van der Waals surface area contributed by atoms with E-state index in [0.717, 1.165) is 0 Å². The molecular formula is C14H14N4O4S. The second kappa shape index (κ2) is 6.97. The van der Waals surface area contributed by atoms with Gasteiger partial charge in [-0.25, -0.2) is 0 Å². The number of thiocarbonyl (C=S) groups is 1. The predicted molar refractivity (Wildman–Crippen MR) is 87.8 cm³/mol. The first-order valence-corrected chi connectivity index (χ1v) is 7.12. The van der Waals surface area contributed by atoms with Crippen LogP contribution in [-0.4, -0.2) is 39.7 Å². The van der Waals surface area contributed by atoms with Crippen molar-refractivity contribution in [3.63, 3.8) is 0 Å². The number of ketones is 1. The highest BCUT2D eigenvalue weighted by Gasteiger charge is 2.20. The van der Waals surface area contributed by atoms with Gasteiger partial charge in [0, 0.05) is 37.1 Å². The Hall–Kier alpha value is -2.81. The van der Waals surface area contributed by atoms with Crippen LogP contribution in [0, 0.1) is 10.1 Å². The van der Waals surface area contributed by atoms with E-state index in [1.54, 1.807) is 4.90 Å². The van der Waals surface area contributed by atoms with E-state index in [9.17, 15) is 19.7 Å². The molecule has 1 aromatic rings. The highest BCUT2D eigenvalue weighted by Crippen LogP contribution is 2.16. The Morgan fingerprint density at radius 1 is 1.39 bits per heavy atom. The first-order chi connectivity index (χ1) is 10.9. The molecular weight excluding hydrogens is 320 g/mol. The normalized spacial score (nSPS) is 14.4. The molecule has 0 saturated carbocycles. The number of nitrogens with one attached hydrogen (secondary N) is 2. The Bertz CT molecular complexity index is 699. The number of non-ortho nitro benzene ring substituents is 1. The summed E-state index contributed by atoms with van der Waals surface area (Å²) in [6.45, 7) is 2.50. The van der Waals surface area contributed by atoms with Gasteiger partial charge in [-0.3, -0.25) is 19.7 Å². The van der Waals surface area contributed by atoms with E-state index in [0.29, 0.717) is 23.9 Å². The number of anilines is 1. The average Bonchev–Trinajstić information content (AvgIpc) is 2.90. The van der Waals surface area contributed by atoms with E-state index in [2.05, 4.69) is 10.6 Å². The summed E-state index contributed by atoms with van der Waals surface area (Å²) in [5, 5.41) is 16.5. The molecule has 1 fully saturated rings. The summed E-state index contributed by atoms with van der Waals surface area (Å²) in [6.07, 6.45) is 1.41. The number of nitro benzene ring substituents is 1. The lowest BCUT2D eigenvalue weighted by Crippen LogP contribution is -2.27. The summed E-state index contributed by atoms with van der Waals surface area (Å²) in [5.74, 6) is -1.000. The number of carbonyl (C=O) groups excluding carboxylic acids is 2. The summed E-state index contributed by atoms with van der Waals surface area (Å²) in [6, 6.07) is 5.34. The summed E-state index contributed by atoms with van der Waals surface area (Å²) in [7, 11) is 0. The van der Waals surface area contributed by atoms with Crippen LogP contribution in [0.5, 0.6) is 0 Å². The third kappa shape index (κ3) is 4.10. The van der Waals surface area contributed by atoms with Crippen LogP contribution >= 0.6 is 12.2 Å². The van der Waals surface area contributed by atoms with Crippen LogP contribution in [0.25, 0.3) is 0 Å². The number of nitro groups is 1. The average molecular weight is 334 g/mol. The number of hydrogen-bond acceptors (Lipinski definition) is 5. The van der Waals surface area contributed by atoms with Gasteiger partial charge in [-0.15, -0.1) is 0 Å². The Labute approximate surface area is 137 Å². The monoisotopic (exact) mass is 334 g/mol. The number of Topliss-reactive ketones (excluding diaryl/α,β-unsaturated/α-hetero) is 1. The Kier molecular flexibility index (Phi) is 5.02. The molecule has 1 heterocycles. The van der Waals surface area contributed by atoms with E-state index in [1.807, 2.05) is 0 Å². The fourth-order valence-electron chi connectivity index (χ4n) is 1.94. The molecule has 0 bridgehead atoms. The summed E-state index contributed by atoms with van der Waals surface area (Å²) < 4.78 is 0. The van der Waals surface area contributed by atoms with Crippen LogP contribution in [-0.2, 0) is 9.59 Å². The fraction of sp³-hybridized carbons (Fsp3) is 0.214. The minimum atomic E-state index is -0.596. The highest BCUT2D eigenvalue weighted by molar-refractivity contribution is 7.80. The van der Waals surface area contributed by atoms with Crippen LogP contribution < -0.4 is 10.6 Å². The van der Waals surface area contributed by atoms with Crippen LogP contribution in [0.1, 0.15) is 6.92 Å². The standard InChI is InChI=1S/C14H14N4O4S/c1-9(19)12(8-17-7-6-15-14(17)23)13(20)16-10-2-4-11(5-3-10)18(21)22/h2-5,8H,6-7H2,1H3,(H,15,23)(H,16,20)/b12-8+. The molecule has 8 nitrogen and oxygen atoms in total. The van der Waals surface area contributed by atoms with Crippen LogP contribution in [0.3, 0.4) is 0 Å². The van der Waals surface area contributed by atoms with Crippen molar-refractivity contribution in [2.75, 3.05) is 18.4 Å². The molecule has 0 spiro atoms. The number of nitrogens with zero attached hydrogens (tertiary/aromatic N) is 2. The molecule has 1 aromatic carbocycles. The number of amides is 1. The number of carbonyl (C=O) groups is 2. The van der Waals surface area contributed by atoms with Crippen LogP contribution in [0.15, 0.2) is 36.0 Å². The van der Waals surface area contributed by atoms with Crippen molar-refractivity contribution in [1.29, 1.82) is 0 Å². The zero-order valence-corrected chi connectivity index (χ0v) is 13.1. The van der Waals surface area contributed by atoms with Crippen molar-refractivity contribution < 1.29 is 14.5 Å². The molecule has 2 N–H and O–H groups in total. The first-order valence-electron chi connectivity index (χ1n) is 6.71. The highest BCUT2D eigenvalue weighted by atomic mass is 32.1. The Balaban J connectivity index is 2.15. The minimum Gasteiger partial charge on any atom is -0.360 e. The van der Waals surface area contributed by atoms with Crippen LogP contribution in [0.2, 0.25) is 0 Å². The number of hydrogen-bond donors (Lipinski definition) is 2. The quantitative estimate of drug-likeness (QED) is 0.208. The van der Waals surface area contributed by atoms with Crippen molar-refractivity contribution in [2.24, 2.45) is 0 Å². The van der Waals surface area contributed by atoms with Gasteiger partial charge in [0.05, 0.1) is 10.5 Å². The molecule has 0 aliphatic carbocycles. The lowest BCUT2D eigenvalue weighted by atomic mass is 10.1. The van der Waals surface area contributed by atoms with Gasteiger partial charge in [-0.2, -0.15) is 0 Å². The zero-order valence-electron chi connectivity index (χ0n) is 12.2. The van der Waals surface area contributed by atoms with Crippen LogP contribution in [0.4, 0.5) is 11.4 Å². The smallest absolute Gasteiger partial charge is 0.269 e. The molecule has 0 atom stereocenters. The minimum absolute atomic E-state index is 0.0468. The van der Waals surface area contributed by atoms with Crippen molar-refractivity contribution in [1.82, 2.24) is 10.2 Å². The van der Waals surface area contributed by atoms with E-state index in [-0.39, 0.29) is 11.3 Å². The Morgan fingerprint density at radius 3 is 2.52 bits per heavy atom. The van der Waals surface area contributed by atoms with Crippen molar-refractivity contribution in [2.45, 2.75) is 6.92 Å². The molecule has 0 aromatic heterocycles. The maximum absolute atomic E-state index is 12.2. The lowest BCUT2D eigenvalue weighted by Gasteiger charge is -2.13. The molecule has 1 aliphatic rings. The summed E-state index contributed by atoms with van der Waals surface area (Å²) in [5.41, 5.74) is 0.225. The molecule has 9 heteroatoms. The van der Waals surface area contributed by atoms with Gasteiger partial charge in [0.2, 0.25) is 0 Å². The van der Waals surface area contributed by atoms with Gasteiger partial charge in [-0.1, -0.05) is 0 Å². The van der Waals surface area contributed by atoms with Crippen molar-refractivity contribution in [3.8, 4) is 0 Å². The van der Waals surface area contributed by atoms with Crippen molar-refractivity contribution in [3.05, 3.63) is 46.2 Å². The number of rotatable bonds is 5. The predicted octanol–water partition coefficient (Wildman–Crippen LogP) is 1.20. The first kappa shape index (κ1) is 16.6. The summed E-state index contributed by atoms with van der Waals surface area (Å²) in [4.78, 5) is 35.6. The molecule has 1 amide bonds. The second-order valence-electron chi connectivity index (χ2n) is 4.78. The molecule has 1 saturated heterocycles. The van der Waals surface area contributed by atoms with E-state index in [1.165, 1.54) is 37.4 Å². The SMILES string of the molecule is CC(=O)/C(=C\N1CCNC1=S)C(=O)Nc1ccc([N+](=O)[O-])cc1. The molecule has 23 heavy (non-hydrogen) atoms. The van der Waals surface area contributed by atoms with E-state index >= 15 is 0 Å². The second-order valence-corrected chi connectivity index (χ2v) is 5.17. The molecule has 1 aliphatic heterocycles. The van der Waals surface area contributed by atoms with Gasteiger partial charge < -0.3 is 15.5 Å². The fourth-order valence-corrected chi connectivity index (χ4v) is 2.19. The lowest BCUT2D eigenvalue weighted by molar-refractivity contribution is -0.384. The van der Waals surface area contributed by atoms with Gasteiger partial charge in [0.25, 0.3) is 11.6 Å². The largest absolute Gasteiger partial charge is 0.360 e. The maximum Gasteiger partial charge on any atom is 0.269 e. The third-order valence-corrected chi connectivity index (χ3v) is 3.51.